The van der Waals surface area contributed by atoms with Crippen LogP contribution in [0.15, 0.2) is 54.1 Å². The Hall–Kier alpha value is -4.35. The number of alkyl carbamates (subject to hydrolysis) is 1. The van der Waals surface area contributed by atoms with Gasteiger partial charge < -0.3 is 53.4 Å². The highest BCUT2D eigenvalue weighted by Crippen LogP contribution is 2.70. The van der Waals surface area contributed by atoms with E-state index in [9.17, 15) is 34.2 Å². The number of nitrogens with one attached hydrogen (secondary N) is 1. The van der Waals surface area contributed by atoms with Crippen LogP contribution >= 0.6 is 0 Å². The summed E-state index contributed by atoms with van der Waals surface area (Å²) in [6, 6.07) is 7.11. The van der Waals surface area contributed by atoms with Gasteiger partial charge in [-0.1, -0.05) is 45.5 Å². The van der Waals surface area contributed by atoms with E-state index >= 15 is 0 Å². The van der Waals surface area contributed by atoms with Crippen LogP contribution in [-0.4, -0.2) is 119 Å². The molecule has 2 unspecified atom stereocenters. The second-order valence-corrected chi connectivity index (χ2v) is 19.5. The molecule has 3 N–H and O–H groups in total. The van der Waals surface area contributed by atoms with E-state index in [4.69, 9.17) is 37.9 Å². The van der Waals surface area contributed by atoms with E-state index in [1.807, 2.05) is 20.8 Å². The van der Waals surface area contributed by atoms with E-state index in [1.54, 1.807) is 58.0 Å². The maximum atomic E-state index is 14.6. The summed E-state index contributed by atoms with van der Waals surface area (Å²) in [5.41, 5.74) is -6.62. The van der Waals surface area contributed by atoms with Crippen LogP contribution < -0.4 is 5.32 Å². The topological polar surface area (TPSA) is 212 Å². The highest BCUT2D eigenvalue weighted by molar-refractivity contribution is 5.89. The molecule has 0 radical (unpaired) electrons. The van der Waals surface area contributed by atoms with Crippen LogP contribution in [0.25, 0.3) is 0 Å². The summed E-state index contributed by atoms with van der Waals surface area (Å²) in [5, 5.41) is 27.1. The lowest BCUT2D eigenvalue weighted by Gasteiger charge is -2.67. The maximum absolute atomic E-state index is 14.6. The predicted molar refractivity (Wildman–Crippen MR) is 220 cm³/mol. The van der Waals surface area contributed by atoms with Gasteiger partial charge in [-0.2, -0.15) is 0 Å². The number of ether oxygens (including phenoxy) is 8. The Morgan fingerprint density at radius 2 is 1.65 bits per heavy atom. The molecule has 6 rings (SSSR count). The molecular weight excluding hydrogens is 806 g/mol. The van der Waals surface area contributed by atoms with Gasteiger partial charge in [-0.3, -0.25) is 9.59 Å². The molecule has 2 saturated carbocycles. The molecule has 16 heteroatoms. The van der Waals surface area contributed by atoms with E-state index in [-0.39, 0.29) is 42.9 Å². The summed E-state index contributed by atoms with van der Waals surface area (Å²) >= 11 is 0. The number of amides is 1. The third-order valence-electron chi connectivity index (χ3n) is 13.3. The summed E-state index contributed by atoms with van der Waals surface area (Å²) in [6.45, 7) is 21.6. The monoisotopic (exact) mass is 869 g/mol. The molecule has 2 saturated heterocycles. The zero-order valence-electron chi connectivity index (χ0n) is 37.6. The minimum atomic E-state index is -1.91. The SMILES string of the molecule is C=CC1O[C@H]2C[C@H]3OC[C@@]3(OC(C)=O)[C@H]3[C@H](OC(=O)c4ccccc4)C4(C(C)(C)O)C[C@H](OC(=O)[C@H](O)[C@H](CC(C)C)NC(=O)OC(C)(C)C)C(C)=C4[C@H](OC(C)=O)[C@H](O1)[C@]23C. The van der Waals surface area contributed by atoms with Crippen LogP contribution in [0.3, 0.4) is 0 Å². The van der Waals surface area contributed by atoms with Gasteiger partial charge in [-0.25, -0.2) is 14.4 Å². The van der Waals surface area contributed by atoms with E-state index in [0.717, 1.165) is 0 Å². The number of aliphatic hydroxyl groups excluding tert-OH is 1. The van der Waals surface area contributed by atoms with Crippen LogP contribution in [0.2, 0.25) is 0 Å². The Morgan fingerprint density at radius 1 is 0.984 bits per heavy atom. The molecule has 62 heavy (non-hydrogen) atoms. The van der Waals surface area contributed by atoms with Crippen LogP contribution in [0.1, 0.15) is 106 Å². The van der Waals surface area contributed by atoms with Gasteiger partial charge in [0.25, 0.3) is 0 Å². The Labute approximate surface area is 362 Å². The third-order valence-corrected chi connectivity index (χ3v) is 13.3. The van der Waals surface area contributed by atoms with Crippen LogP contribution in [-0.2, 0) is 52.3 Å². The molecule has 16 nitrogen and oxygen atoms in total. The van der Waals surface area contributed by atoms with E-state index in [1.165, 1.54) is 33.8 Å². The number of rotatable bonds is 12. The van der Waals surface area contributed by atoms with Gasteiger partial charge >= 0.3 is 30.0 Å². The first kappa shape index (κ1) is 47.1. The van der Waals surface area contributed by atoms with Crippen molar-refractivity contribution in [1.29, 1.82) is 0 Å². The highest BCUT2D eigenvalue weighted by Gasteiger charge is 2.81. The Balaban J connectivity index is 1.58. The fraction of sp³-hybridized carbons (Fsp3) is 0.674. The average molecular weight is 870 g/mol. The van der Waals surface area contributed by atoms with E-state index in [0.29, 0.717) is 5.57 Å². The molecule has 1 amide bonds. The fourth-order valence-electron chi connectivity index (χ4n) is 10.8. The Bertz CT molecular complexity index is 1950. The zero-order valence-corrected chi connectivity index (χ0v) is 37.6. The summed E-state index contributed by atoms with van der Waals surface area (Å²) in [6.07, 6.45) is -8.88. The van der Waals surface area contributed by atoms with Crippen molar-refractivity contribution in [2.24, 2.45) is 22.7 Å². The molecule has 5 aliphatic rings. The van der Waals surface area contributed by atoms with Crippen molar-refractivity contribution >= 4 is 30.0 Å². The average Bonchev–Trinajstić information content (AvgIpc) is 3.41. The molecule has 0 spiro atoms. The molecule has 2 aliphatic heterocycles. The van der Waals surface area contributed by atoms with Gasteiger partial charge in [-0.05, 0) is 83.2 Å². The van der Waals surface area contributed by atoms with Crippen molar-refractivity contribution < 1.29 is 72.1 Å². The smallest absolute Gasteiger partial charge is 0.407 e. The van der Waals surface area contributed by atoms with E-state index in [2.05, 4.69) is 11.9 Å². The number of esters is 4. The summed E-state index contributed by atoms with van der Waals surface area (Å²) < 4.78 is 50.5. The molecule has 2 heterocycles. The highest BCUT2D eigenvalue weighted by atomic mass is 16.7. The van der Waals surface area contributed by atoms with Gasteiger partial charge in [0.15, 0.2) is 24.1 Å². The number of hydrogen-bond donors (Lipinski definition) is 3. The van der Waals surface area contributed by atoms with Crippen molar-refractivity contribution in [2.45, 2.75) is 167 Å². The standard InChI is InChI=1S/C46H63NO15/c1-13-32-58-30-20-31-46(22-55-31,61-26(6)49)36-38(60-39(51)27-17-15-14-16-18-27)45(43(10,11)54)21-29(24(4)33(45)35(56-25(5)48)37(59-32)44(30,36)12)57-40(52)34(50)28(19-23(2)3)47-41(53)62-42(7,8)9/h13-18,23,28-32,34-38,50,54H,1,19-22H2,2-12H3,(H,47,53)/t28-,29-,30-,31+,32?,34+,35-,36-,37-,38-,44+,45?,46-/m0/s1. The quantitative estimate of drug-likeness (QED) is 0.145. The zero-order chi connectivity index (χ0) is 45.9. The molecule has 1 aromatic rings. The summed E-state index contributed by atoms with van der Waals surface area (Å²) in [7, 11) is 0. The first-order chi connectivity index (χ1) is 28.8. The number of benzene rings is 1. The van der Waals surface area contributed by atoms with Gasteiger partial charge in [0.1, 0.15) is 30.0 Å². The normalized spacial score (nSPS) is 34.7. The molecule has 1 aromatic carbocycles. The molecule has 0 bridgehead atoms. The molecule has 13 atom stereocenters. The van der Waals surface area contributed by atoms with Gasteiger partial charge in [-0.15, -0.1) is 0 Å². The number of carbonyl (C=O) groups excluding carboxylic acids is 5. The molecule has 342 valence electrons. The molecular formula is C46H63NO15. The Morgan fingerprint density at radius 3 is 2.18 bits per heavy atom. The van der Waals surface area contributed by atoms with Crippen molar-refractivity contribution in [1.82, 2.24) is 5.32 Å². The number of hydrogen-bond acceptors (Lipinski definition) is 15. The van der Waals surface area contributed by atoms with Gasteiger partial charge in [0.05, 0.1) is 41.3 Å². The minimum absolute atomic E-state index is 0.0845. The van der Waals surface area contributed by atoms with Crippen LogP contribution in [0, 0.1) is 22.7 Å². The maximum Gasteiger partial charge on any atom is 0.407 e. The van der Waals surface area contributed by atoms with Gasteiger partial charge in [0, 0.05) is 32.1 Å². The lowest BCUT2D eigenvalue weighted by atomic mass is 9.49. The molecule has 0 aromatic heterocycles. The lowest BCUT2D eigenvalue weighted by Crippen LogP contribution is -2.80. The largest absolute Gasteiger partial charge is 0.457 e. The van der Waals surface area contributed by atoms with Crippen molar-refractivity contribution in [3.05, 3.63) is 59.7 Å². The van der Waals surface area contributed by atoms with Crippen LogP contribution in [0.4, 0.5) is 4.79 Å². The van der Waals surface area contributed by atoms with Crippen molar-refractivity contribution in [3.63, 3.8) is 0 Å². The first-order valence-corrected chi connectivity index (χ1v) is 21.3. The van der Waals surface area contributed by atoms with E-state index < -0.39 is 119 Å². The number of carbonyl (C=O) groups is 5. The number of aliphatic hydroxyl groups is 2. The fourth-order valence-corrected chi connectivity index (χ4v) is 10.8. The predicted octanol–water partition coefficient (Wildman–Crippen LogP) is 4.87. The lowest BCUT2D eigenvalue weighted by molar-refractivity contribution is -0.392. The second-order valence-electron chi connectivity index (χ2n) is 19.5. The Kier molecular flexibility index (Phi) is 12.9. The minimum Gasteiger partial charge on any atom is -0.457 e. The van der Waals surface area contributed by atoms with Crippen molar-refractivity contribution in [3.8, 4) is 0 Å². The summed E-state index contributed by atoms with van der Waals surface area (Å²) in [4.78, 5) is 68.3. The third kappa shape index (κ3) is 8.28. The number of fused-ring (bicyclic) bond motifs is 3. The molecule has 3 aliphatic carbocycles. The van der Waals surface area contributed by atoms with Crippen molar-refractivity contribution in [2.75, 3.05) is 6.61 Å². The van der Waals surface area contributed by atoms with Gasteiger partial charge in [0.2, 0.25) is 0 Å². The second kappa shape index (κ2) is 17.0. The summed E-state index contributed by atoms with van der Waals surface area (Å²) in [5.74, 6) is -4.40. The first-order valence-electron chi connectivity index (χ1n) is 21.3. The van der Waals surface area contributed by atoms with Crippen LogP contribution in [0.5, 0.6) is 0 Å². The molecule has 4 fully saturated rings.